The third-order valence-corrected chi connectivity index (χ3v) is 6.24. The zero-order valence-corrected chi connectivity index (χ0v) is 20.8. The molecule has 1 aliphatic carbocycles. The van der Waals surface area contributed by atoms with Gasteiger partial charge in [-0.05, 0) is 42.9 Å². The van der Waals surface area contributed by atoms with Crippen molar-refractivity contribution < 1.29 is 32.2 Å². The highest BCUT2D eigenvalue weighted by Crippen LogP contribution is 2.34. The molecule has 4 rings (SSSR count). The number of nitrogens with one attached hydrogen (secondary N) is 1. The van der Waals surface area contributed by atoms with Crippen molar-refractivity contribution in [2.45, 2.75) is 71.7 Å². The topological polar surface area (TPSA) is 82.5 Å². The number of hydrogen-bond acceptors (Lipinski definition) is 5. The van der Waals surface area contributed by atoms with Gasteiger partial charge in [0, 0.05) is 31.4 Å². The van der Waals surface area contributed by atoms with Crippen LogP contribution in [0.2, 0.25) is 0 Å². The van der Waals surface area contributed by atoms with Crippen molar-refractivity contribution in [2.75, 3.05) is 18.5 Å². The molecule has 2 heterocycles. The summed E-state index contributed by atoms with van der Waals surface area (Å²) in [4.78, 5) is 24.5. The number of Topliss-reactive ketones (excluding diaryl/α,β-unsaturated/α-hetero) is 1. The van der Waals surface area contributed by atoms with E-state index in [1.165, 1.54) is 0 Å². The SMILES string of the molecule is CC(C)(C)Cc1cc(NC(=O)c2cc(C(F)(F)F)ccc2OCC2CC(=O)C2)n(C[C@H]2CCCO2)n1. The Bertz CT molecular complexity index is 1110. The average Bonchev–Trinajstić information content (AvgIpc) is 3.38. The van der Waals surface area contributed by atoms with Crippen LogP contribution in [0.25, 0.3) is 0 Å². The van der Waals surface area contributed by atoms with E-state index in [9.17, 15) is 22.8 Å². The van der Waals surface area contributed by atoms with E-state index in [0.717, 1.165) is 36.7 Å². The maximum absolute atomic E-state index is 13.4. The molecule has 1 N–H and O–H groups in total. The first kappa shape index (κ1) is 26.2. The van der Waals surface area contributed by atoms with Gasteiger partial charge in [0.25, 0.3) is 5.91 Å². The number of benzene rings is 1. The normalized spacial score (nSPS) is 18.8. The van der Waals surface area contributed by atoms with Crippen molar-refractivity contribution >= 4 is 17.5 Å². The van der Waals surface area contributed by atoms with E-state index in [0.29, 0.717) is 38.2 Å². The molecule has 0 spiro atoms. The molecule has 1 saturated heterocycles. The first-order chi connectivity index (χ1) is 16.9. The Kier molecular flexibility index (Phi) is 7.45. The molecule has 0 radical (unpaired) electrons. The van der Waals surface area contributed by atoms with E-state index in [-0.39, 0.29) is 41.1 Å². The number of hydrogen-bond donors (Lipinski definition) is 1. The Morgan fingerprint density at radius 1 is 1.22 bits per heavy atom. The van der Waals surface area contributed by atoms with Crippen LogP contribution < -0.4 is 10.1 Å². The largest absolute Gasteiger partial charge is 0.492 e. The number of carbonyl (C=O) groups is 2. The number of alkyl halides is 3. The van der Waals surface area contributed by atoms with Gasteiger partial charge >= 0.3 is 6.18 Å². The van der Waals surface area contributed by atoms with Gasteiger partial charge in [0.2, 0.25) is 0 Å². The lowest BCUT2D eigenvalue weighted by molar-refractivity contribution is -0.137. The van der Waals surface area contributed by atoms with Crippen LogP contribution in [0.3, 0.4) is 0 Å². The number of halogens is 3. The minimum atomic E-state index is -4.62. The van der Waals surface area contributed by atoms with Gasteiger partial charge in [-0.1, -0.05) is 20.8 Å². The first-order valence-corrected chi connectivity index (χ1v) is 12.2. The summed E-state index contributed by atoms with van der Waals surface area (Å²) < 4.78 is 53.4. The van der Waals surface area contributed by atoms with Crippen molar-refractivity contribution in [1.29, 1.82) is 0 Å². The second kappa shape index (κ2) is 10.2. The summed E-state index contributed by atoms with van der Waals surface area (Å²) in [5.74, 6) is -0.165. The summed E-state index contributed by atoms with van der Waals surface area (Å²) in [6, 6.07) is 4.60. The Morgan fingerprint density at radius 2 is 1.97 bits per heavy atom. The van der Waals surface area contributed by atoms with Crippen LogP contribution in [0.4, 0.5) is 19.0 Å². The number of nitrogens with zero attached hydrogens (tertiary/aromatic N) is 2. The summed E-state index contributed by atoms with van der Waals surface area (Å²) in [5.41, 5.74) is -0.446. The third-order valence-electron chi connectivity index (χ3n) is 6.24. The van der Waals surface area contributed by atoms with Crippen molar-refractivity contribution in [1.82, 2.24) is 9.78 Å². The number of ketones is 1. The smallest absolute Gasteiger partial charge is 0.416 e. The summed E-state index contributed by atoms with van der Waals surface area (Å²) >= 11 is 0. The molecule has 1 aliphatic heterocycles. The highest BCUT2D eigenvalue weighted by Gasteiger charge is 2.33. The molecule has 2 aliphatic rings. The van der Waals surface area contributed by atoms with E-state index >= 15 is 0 Å². The Labute approximate surface area is 208 Å². The zero-order valence-electron chi connectivity index (χ0n) is 20.8. The number of amides is 1. The summed E-state index contributed by atoms with van der Waals surface area (Å²) in [5, 5.41) is 7.40. The number of ether oxygens (including phenoxy) is 2. The maximum Gasteiger partial charge on any atom is 0.416 e. The lowest BCUT2D eigenvalue weighted by Crippen LogP contribution is -2.29. The molecule has 1 atom stereocenters. The van der Waals surface area contributed by atoms with Gasteiger partial charge in [-0.15, -0.1) is 0 Å². The molecular formula is C26H32F3N3O4. The number of carbonyl (C=O) groups excluding carboxylic acids is 2. The van der Waals surface area contributed by atoms with Crippen molar-refractivity contribution in [2.24, 2.45) is 11.3 Å². The van der Waals surface area contributed by atoms with Crippen LogP contribution in [-0.2, 0) is 28.7 Å². The maximum atomic E-state index is 13.4. The van der Waals surface area contributed by atoms with Crippen LogP contribution in [0.5, 0.6) is 5.75 Å². The van der Waals surface area contributed by atoms with Gasteiger partial charge in [0.1, 0.15) is 17.4 Å². The number of aromatic nitrogens is 2. The summed E-state index contributed by atoms with van der Waals surface area (Å²) in [7, 11) is 0. The van der Waals surface area contributed by atoms with Crippen LogP contribution in [0.15, 0.2) is 24.3 Å². The minimum Gasteiger partial charge on any atom is -0.492 e. The Morgan fingerprint density at radius 3 is 2.58 bits per heavy atom. The Balaban J connectivity index is 1.59. The molecule has 1 saturated carbocycles. The molecule has 10 heteroatoms. The van der Waals surface area contributed by atoms with Crippen LogP contribution in [-0.4, -0.2) is 40.8 Å². The third kappa shape index (κ3) is 6.66. The fourth-order valence-electron chi connectivity index (χ4n) is 4.42. The summed E-state index contributed by atoms with van der Waals surface area (Å²) in [6.45, 7) is 7.48. The molecule has 196 valence electrons. The molecule has 0 unspecified atom stereocenters. The molecule has 2 aromatic rings. The highest BCUT2D eigenvalue weighted by atomic mass is 19.4. The molecule has 2 fully saturated rings. The zero-order chi connectivity index (χ0) is 26.1. The van der Waals surface area contributed by atoms with Gasteiger partial charge in [0.05, 0.1) is 36.1 Å². The number of rotatable bonds is 8. The fourth-order valence-corrected chi connectivity index (χ4v) is 4.42. The Hall–Kier alpha value is -2.88. The predicted molar refractivity (Wildman–Crippen MR) is 127 cm³/mol. The van der Waals surface area contributed by atoms with E-state index < -0.39 is 17.6 Å². The van der Waals surface area contributed by atoms with Crippen LogP contribution in [0.1, 0.15) is 68.1 Å². The number of anilines is 1. The standard InChI is InChI=1S/C26H32F3N3O4/c1-25(2,3)13-18-12-23(32(31-18)14-20-5-4-8-35-20)30-24(34)21-11-17(26(27,28)29)6-7-22(21)36-15-16-9-19(33)10-16/h6-7,11-12,16,20H,4-5,8-10,13-15H2,1-3H3,(H,30,34)/t20-/m1/s1. The summed E-state index contributed by atoms with van der Waals surface area (Å²) in [6.07, 6.45) is -1.43. The fraction of sp³-hybridized carbons (Fsp3) is 0.577. The quantitative estimate of drug-likeness (QED) is 0.526. The van der Waals surface area contributed by atoms with E-state index in [1.54, 1.807) is 10.7 Å². The predicted octanol–water partition coefficient (Wildman–Crippen LogP) is 5.28. The molecule has 7 nitrogen and oxygen atoms in total. The lowest BCUT2D eigenvalue weighted by Gasteiger charge is -2.24. The molecule has 1 aromatic heterocycles. The van der Waals surface area contributed by atoms with E-state index in [2.05, 4.69) is 31.2 Å². The van der Waals surface area contributed by atoms with Gasteiger partial charge < -0.3 is 14.8 Å². The highest BCUT2D eigenvalue weighted by molar-refractivity contribution is 6.06. The molecule has 1 amide bonds. The second-order valence-corrected chi connectivity index (χ2v) is 10.9. The molecule has 1 aromatic carbocycles. The minimum absolute atomic E-state index is 0.00324. The van der Waals surface area contributed by atoms with Gasteiger partial charge in [-0.2, -0.15) is 18.3 Å². The van der Waals surface area contributed by atoms with Gasteiger partial charge in [0.15, 0.2) is 0 Å². The van der Waals surface area contributed by atoms with Gasteiger partial charge in [-0.25, -0.2) is 4.68 Å². The average molecular weight is 508 g/mol. The van der Waals surface area contributed by atoms with Crippen LogP contribution in [0, 0.1) is 11.3 Å². The molecular weight excluding hydrogens is 475 g/mol. The van der Waals surface area contributed by atoms with Crippen molar-refractivity contribution in [3.8, 4) is 5.75 Å². The van der Waals surface area contributed by atoms with Crippen molar-refractivity contribution in [3.63, 3.8) is 0 Å². The van der Waals surface area contributed by atoms with Crippen LogP contribution >= 0.6 is 0 Å². The monoisotopic (exact) mass is 507 g/mol. The second-order valence-electron chi connectivity index (χ2n) is 10.9. The lowest BCUT2D eigenvalue weighted by atomic mass is 9.85. The van der Waals surface area contributed by atoms with E-state index in [1.807, 2.05) is 0 Å². The van der Waals surface area contributed by atoms with Crippen molar-refractivity contribution in [3.05, 3.63) is 41.1 Å². The van der Waals surface area contributed by atoms with E-state index in [4.69, 9.17) is 9.47 Å². The first-order valence-electron chi connectivity index (χ1n) is 12.2. The molecule has 0 bridgehead atoms. The van der Waals surface area contributed by atoms with Gasteiger partial charge in [-0.3, -0.25) is 9.59 Å². The molecule has 36 heavy (non-hydrogen) atoms.